The van der Waals surface area contributed by atoms with E-state index in [9.17, 15) is 148 Å². The predicted molar refractivity (Wildman–Crippen MR) is 405 cm³/mol. The second-order valence-electron chi connectivity index (χ2n) is 29.8. The van der Waals surface area contributed by atoms with E-state index in [-0.39, 0.29) is 38.5 Å². The molecule has 4 aliphatic rings. The van der Waals surface area contributed by atoms with Crippen LogP contribution in [0.25, 0.3) is 0 Å². The van der Waals surface area contributed by atoms with Gasteiger partial charge in [-0.1, -0.05) is 0 Å². The highest BCUT2D eigenvalue weighted by Crippen LogP contribution is 2.37. The van der Waals surface area contributed by atoms with Crippen molar-refractivity contribution in [3.8, 4) is 0 Å². The van der Waals surface area contributed by atoms with E-state index in [1.807, 2.05) is 0 Å². The fourth-order valence-electron chi connectivity index (χ4n) is 13.3. The Morgan fingerprint density at radius 1 is 0.331 bits per heavy atom. The van der Waals surface area contributed by atoms with Crippen molar-refractivity contribution in [2.75, 3.05) is 26.4 Å². The van der Waals surface area contributed by atoms with Gasteiger partial charge >= 0.3 is 35.8 Å². The molecule has 0 aliphatic carbocycles. The highest BCUT2D eigenvalue weighted by molar-refractivity contribution is 5.94. The zero-order valence-corrected chi connectivity index (χ0v) is 68.8. The van der Waals surface area contributed by atoms with Crippen molar-refractivity contribution in [1.82, 2.24) is 58.5 Å². The first-order valence-corrected chi connectivity index (χ1v) is 39.1. The third-order valence-corrected chi connectivity index (χ3v) is 19.9. The van der Waals surface area contributed by atoms with E-state index >= 15 is 0 Å². The minimum atomic E-state index is -2.29. The molecule has 0 aromatic heterocycles. The number of nitrogens with two attached hydrogens (primary N) is 2. The molecule has 0 radical (unpaired) electrons. The second-order valence-corrected chi connectivity index (χ2v) is 29.8. The Morgan fingerprint density at radius 2 is 0.661 bits per heavy atom. The Hall–Kier alpha value is -9.77. The molecule has 4 aliphatic heterocycles. The summed E-state index contributed by atoms with van der Waals surface area (Å²) in [6, 6.07) is -21.9. The molecule has 31 unspecified atom stereocenters. The predicted octanol–water partition coefficient (Wildman–Crippen LogP) is -12.8. The van der Waals surface area contributed by atoms with Gasteiger partial charge in [-0.15, -0.1) is 0 Å². The van der Waals surface area contributed by atoms with Gasteiger partial charge in [0, 0.05) is 40.5 Å². The molecule has 4 heterocycles. The number of aliphatic hydroxyl groups excluding tert-OH is 8. The Bertz CT molecular complexity index is 3690. The van der Waals surface area contributed by atoms with Crippen LogP contribution < -0.4 is 70.0 Å². The maximum absolute atomic E-state index is 14.4. The Morgan fingerprint density at radius 3 is 1.06 bits per heavy atom. The van der Waals surface area contributed by atoms with Crippen LogP contribution in [0.5, 0.6) is 0 Å². The Labute approximate surface area is 706 Å². The lowest BCUT2D eigenvalue weighted by Gasteiger charge is -2.52. The van der Waals surface area contributed by atoms with Crippen molar-refractivity contribution in [3.05, 3.63) is 0 Å². The van der Waals surface area contributed by atoms with Crippen LogP contribution in [0.3, 0.4) is 0 Å². The van der Waals surface area contributed by atoms with Crippen LogP contribution in [0.15, 0.2) is 0 Å². The molecular weight excluding hydrogens is 1670 g/mol. The Kier molecular flexibility index (Phi) is 43.3. The third kappa shape index (κ3) is 32.0. The molecule has 0 aromatic carbocycles. The van der Waals surface area contributed by atoms with Crippen LogP contribution in [-0.2, 0) is 124 Å². The van der Waals surface area contributed by atoms with Gasteiger partial charge in [0.1, 0.15) is 164 Å². The van der Waals surface area contributed by atoms with Gasteiger partial charge in [0.15, 0.2) is 25.2 Å². The number of hydrogen-bond donors (Lipinski definition) is 27. The quantitative estimate of drug-likeness (QED) is 0.0269. The average Bonchev–Trinajstić information content (AvgIpc) is 0.760. The lowest BCUT2D eigenvalue weighted by molar-refractivity contribution is -0.365. The molecule has 53 heteroatoms. The number of amides is 11. The Balaban J connectivity index is 1.70. The molecule has 4 fully saturated rings. The lowest BCUT2D eigenvalue weighted by Crippen LogP contribution is -2.72. The summed E-state index contributed by atoms with van der Waals surface area (Å²) in [6.07, 6.45) is -39.7. The fraction of sp³-hybridized carbons (Fsp3) is 0.761. The molecule has 29 N–H and O–H groups in total. The van der Waals surface area contributed by atoms with Crippen molar-refractivity contribution >= 4 is 101 Å². The highest BCUT2D eigenvalue weighted by atomic mass is 16.8. The zero-order chi connectivity index (χ0) is 93.8. The number of carbonyl (C=O) groups is 17. The summed E-state index contributed by atoms with van der Waals surface area (Å²) in [5, 5.41) is 172. The van der Waals surface area contributed by atoms with Gasteiger partial charge in [0.05, 0.1) is 26.4 Å². The molecule has 31 atom stereocenters. The fourth-order valence-corrected chi connectivity index (χ4v) is 13.3. The summed E-state index contributed by atoms with van der Waals surface area (Å²) in [6.45, 7) is 4.57. The van der Waals surface area contributed by atoms with Crippen molar-refractivity contribution in [2.45, 2.75) is 316 Å². The molecule has 0 saturated carbocycles. The van der Waals surface area contributed by atoms with E-state index in [0.29, 0.717) is 0 Å². The first-order valence-electron chi connectivity index (χ1n) is 39.1. The number of nitrogens with one attached hydrogen (secondary N) is 11. The van der Waals surface area contributed by atoms with Gasteiger partial charge in [-0.3, -0.25) is 67.1 Å². The van der Waals surface area contributed by atoms with Gasteiger partial charge in [-0.25, -0.2) is 14.4 Å². The maximum atomic E-state index is 14.4. The number of ether oxygens (including phenoxy) is 9. The number of carboxylic acids is 6. The number of aliphatic carboxylic acids is 6. The van der Waals surface area contributed by atoms with Crippen LogP contribution in [-0.4, -0.2) is 388 Å². The maximum Gasteiger partial charge on any atom is 0.326 e. The number of aliphatic hydroxyl groups is 8. The van der Waals surface area contributed by atoms with Gasteiger partial charge in [-0.2, -0.15) is 0 Å². The van der Waals surface area contributed by atoms with E-state index in [1.165, 1.54) is 0 Å². The molecule has 124 heavy (non-hydrogen) atoms. The van der Waals surface area contributed by atoms with Crippen LogP contribution in [0.4, 0.5) is 0 Å². The average molecular weight is 1790 g/mol. The van der Waals surface area contributed by atoms with E-state index in [1.54, 1.807) is 0 Å². The van der Waals surface area contributed by atoms with E-state index < -0.39 is 342 Å². The van der Waals surface area contributed by atoms with Crippen molar-refractivity contribution < 1.29 is 196 Å². The molecule has 0 spiro atoms. The molecule has 4 rings (SSSR count). The normalized spacial score (nSPS) is 28.8. The monoisotopic (exact) mass is 1790 g/mol. The standard InChI is InChI=1S/C71H115N13O40/c1-24(57(98)84-38(67(113)114)17-19-44(94)82-36(65(109)110)15-11-13-34(73)64(107)108)74-59(100)27(4)116-55-47(79-31(8)91)68(115)118-41(22-87)53(55)123-70-46(78-30(7)90)51(97)52(40(21-86)120-70)122-71-48(80-32(9)92)56(54(42(23-88)121-71)124-69-45(77-29(6)89)50(96)49(95)39(20-85)119-69)117-28(5)60(101)75-25(2)58(99)83-37(66(111)112)16-18-43(93)81-35(14-10-12-33(72)63(105)106)61(102)76-26(3)62(103)104/h24-28,33-42,45-56,68-71,85-88,95-97,115H,10-23,72-73H2,1-9H3,(H,74,100)(H,75,101)(H,76,102)(H,77,89)(H,78,90)(H,79,91)(H,80,92)(H,81,93)(H,82,94)(H,83,99)(H,84,98)(H,103,104)(H,105,106)(H,107,108)(H,109,110)(H,111,112)(H,113,114). The molecule has 704 valence electrons. The lowest BCUT2D eigenvalue weighted by atomic mass is 9.92. The van der Waals surface area contributed by atoms with Crippen molar-refractivity contribution in [2.24, 2.45) is 11.5 Å². The van der Waals surface area contributed by atoms with Gasteiger partial charge in [-0.05, 0) is 86.0 Å². The largest absolute Gasteiger partial charge is 0.480 e. The minimum absolute atomic E-state index is 0.0441. The number of hydrogen-bond acceptors (Lipinski definition) is 36. The smallest absolute Gasteiger partial charge is 0.326 e. The van der Waals surface area contributed by atoms with E-state index in [2.05, 4.69) is 58.5 Å². The minimum Gasteiger partial charge on any atom is -0.480 e. The molecular formula is C71H115N13O40. The summed E-state index contributed by atoms with van der Waals surface area (Å²) in [5.41, 5.74) is 11.0. The number of carbonyl (C=O) groups excluding carboxylic acids is 11. The number of carboxylic acid groups (broad SMARTS) is 6. The molecule has 53 nitrogen and oxygen atoms in total. The SMILES string of the molecule is CC(=O)NC1C(OC2C(CO)OC(OC3C(CO)OC(OC4C(CO)OC(O)C(NC(C)=O)C4OC(C)C(=O)NC(C)C(=O)NC(CCC(=O)NC(CCCC(N)C(=O)O)C(=O)O)C(=O)O)C(NC(C)=O)C3O)C(NC(C)=O)C2OC(C)C(=O)NC(C)C(=O)NC(CCC(=O)NC(CCCC(N)C(=O)O)C(=O)NC(C)C(=O)O)C(=O)O)OC(CO)C(O)C1O. The van der Waals surface area contributed by atoms with Gasteiger partial charge in [0.25, 0.3) is 0 Å². The summed E-state index contributed by atoms with van der Waals surface area (Å²) in [5.74, 6) is -20.7. The third-order valence-electron chi connectivity index (χ3n) is 19.9. The summed E-state index contributed by atoms with van der Waals surface area (Å²) < 4.78 is 55.5. The van der Waals surface area contributed by atoms with Gasteiger partial charge in [0.2, 0.25) is 65.0 Å². The molecule has 0 bridgehead atoms. The van der Waals surface area contributed by atoms with Crippen LogP contribution in [0, 0.1) is 0 Å². The first-order chi connectivity index (χ1) is 58.0. The van der Waals surface area contributed by atoms with Crippen molar-refractivity contribution in [1.29, 1.82) is 0 Å². The second kappa shape index (κ2) is 50.4. The number of rotatable bonds is 50. The first kappa shape index (κ1) is 107. The van der Waals surface area contributed by atoms with Crippen LogP contribution >= 0.6 is 0 Å². The van der Waals surface area contributed by atoms with Gasteiger partial charge < -0.3 is 184 Å². The molecule has 0 aromatic rings. The van der Waals surface area contributed by atoms with E-state index in [0.717, 1.165) is 62.3 Å². The summed E-state index contributed by atoms with van der Waals surface area (Å²) in [7, 11) is 0. The topological polar surface area (TPSA) is 841 Å². The van der Waals surface area contributed by atoms with Crippen molar-refractivity contribution in [3.63, 3.8) is 0 Å². The molecule has 4 saturated heterocycles. The molecule has 11 amide bonds. The highest BCUT2D eigenvalue weighted by Gasteiger charge is 2.58. The van der Waals surface area contributed by atoms with Crippen LogP contribution in [0.1, 0.15) is 127 Å². The summed E-state index contributed by atoms with van der Waals surface area (Å²) in [4.78, 5) is 218. The zero-order valence-electron chi connectivity index (χ0n) is 68.8. The van der Waals surface area contributed by atoms with E-state index in [4.69, 9.17) is 59.2 Å². The van der Waals surface area contributed by atoms with Crippen LogP contribution in [0.2, 0.25) is 0 Å². The summed E-state index contributed by atoms with van der Waals surface area (Å²) >= 11 is 0.